The molecule has 7 nitrogen and oxygen atoms in total. The average molecular weight is 834 g/mol. The van der Waals surface area contributed by atoms with Gasteiger partial charge in [0.05, 0.1) is 0 Å². The summed E-state index contributed by atoms with van der Waals surface area (Å²) in [5.41, 5.74) is 30.9. The first-order valence-corrected chi connectivity index (χ1v) is 21.8. The predicted molar refractivity (Wildman–Crippen MR) is 270 cm³/mol. The van der Waals surface area contributed by atoms with Crippen LogP contribution in [0.15, 0.2) is 218 Å². The fourth-order valence-electron chi connectivity index (χ4n) is 9.48. The highest BCUT2D eigenvalue weighted by molar-refractivity contribution is 7.00. The van der Waals surface area contributed by atoms with Gasteiger partial charge in [0.15, 0.2) is 17.5 Å². The van der Waals surface area contributed by atoms with Crippen molar-refractivity contribution >= 4 is 68.6 Å². The summed E-state index contributed by atoms with van der Waals surface area (Å²) >= 11 is 0. The molecule has 0 aliphatic carbocycles. The number of para-hydroxylation sites is 2. The third kappa shape index (κ3) is 6.67. The number of nitrogens with zero attached hydrogens (tertiary/aromatic N) is 5. The van der Waals surface area contributed by atoms with Gasteiger partial charge in [0.25, 0.3) is 6.71 Å². The number of nitrogen functional groups attached to an aromatic ring is 2. The van der Waals surface area contributed by atoms with Crippen molar-refractivity contribution in [2.24, 2.45) is 0 Å². The van der Waals surface area contributed by atoms with Gasteiger partial charge in [0, 0.05) is 62.2 Å². The summed E-state index contributed by atoms with van der Waals surface area (Å²) in [4.78, 5) is 20.5. The van der Waals surface area contributed by atoms with Crippen molar-refractivity contribution in [3.05, 3.63) is 218 Å². The zero-order chi connectivity index (χ0) is 43.4. The van der Waals surface area contributed by atoms with Crippen LogP contribution in [-0.4, -0.2) is 21.7 Å². The fourth-order valence-corrected chi connectivity index (χ4v) is 9.48. The van der Waals surface area contributed by atoms with Crippen molar-refractivity contribution < 1.29 is 0 Å². The second-order valence-corrected chi connectivity index (χ2v) is 16.5. The quantitative estimate of drug-likeness (QED) is 0.122. The third-order valence-corrected chi connectivity index (χ3v) is 12.5. The maximum absolute atomic E-state index is 6.19. The van der Waals surface area contributed by atoms with Crippen LogP contribution in [-0.2, 0) is 0 Å². The van der Waals surface area contributed by atoms with Crippen LogP contribution in [0, 0.1) is 0 Å². The lowest BCUT2D eigenvalue weighted by atomic mass is 9.33. The molecule has 9 aromatic carbocycles. The molecule has 0 unspecified atom stereocenters. The van der Waals surface area contributed by atoms with E-state index in [1.54, 1.807) is 0 Å². The summed E-state index contributed by atoms with van der Waals surface area (Å²) < 4.78 is 0. The normalized spacial score (nSPS) is 12.3. The Kier molecular flexibility index (Phi) is 9.09. The van der Waals surface area contributed by atoms with E-state index < -0.39 is 0 Å². The van der Waals surface area contributed by atoms with Crippen molar-refractivity contribution in [3.63, 3.8) is 0 Å². The Balaban J connectivity index is 1.18. The van der Waals surface area contributed by atoms with Gasteiger partial charge >= 0.3 is 0 Å². The van der Waals surface area contributed by atoms with Crippen LogP contribution in [0.4, 0.5) is 45.5 Å². The van der Waals surface area contributed by atoms with Gasteiger partial charge in [0.2, 0.25) is 0 Å². The summed E-state index contributed by atoms with van der Waals surface area (Å²) in [5, 5.41) is 0. The summed E-state index contributed by atoms with van der Waals surface area (Å²) in [7, 11) is 0. The Morgan fingerprint density at radius 2 is 0.646 bits per heavy atom. The van der Waals surface area contributed by atoms with Gasteiger partial charge in [-0.1, -0.05) is 146 Å². The monoisotopic (exact) mass is 833 g/mol. The Labute approximate surface area is 378 Å². The molecule has 2 aliphatic heterocycles. The van der Waals surface area contributed by atoms with Crippen molar-refractivity contribution in [1.82, 2.24) is 15.0 Å². The van der Waals surface area contributed by atoms with Crippen molar-refractivity contribution in [3.8, 4) is 56.4 Å². The maximum Gasteiger partial charge on any atom is 0.252 e. The molecule has 3 heterocycles. The van der Waals surface area contributed by atoms with Gasteiger partial charge < -0.3 is 21.3 Å². The van der Waals surface area contributed by atoms with E-state index in [2.05, 4.69) is 168 Å². The molecule has 8 heteroatoms. The summed E-state index contributed by atoms with van der Waals surface area (Å²) in [6, 6.07) is 76.2. The Bertz CT molecular complexity index is 3170. The second-order valence-electron chi connectivity index (χ2n) is 16.5. The van der Waals surface area contributed by atoms with Crippen LogP contribution in [0.2, 0.25) is 0 Å². The highest BCUT2D eigenvalue weighted by atomic mass is 15.2. The average Bonchev–Trinajstić information content (AvgIpc) is 3.37. The van der Waals surface area contributed by atoms with E-state index in [4.69, 9.17) is 26.4 Å². The van der Waals surface area contributed by atoms with Crippen molar-refractivity contribution in [1.29, 1.82) is 0 Å². The van der Waals surface area contributed by atoms with Gasteiger partial charge in [-0.25, -0.2) is 15.0 Å². The van der Waals surface area contributed by atoms with E-state index in [1.165, 1.54) is 16.4 Å². The topological polar surface area (TPSA) is 97.2 Å². The first-order chi connectivity index (χ1) is 32.0. The maximum atomic E-state index is 6.19. The molecular weight excluding hydrogens is 793 g/mol. The highest BCUT2D eigenvalue weighted by Gasteiger charge is 2.44. The Hall–Kier alpha value is -8.75. The largest absolute Gasteiger partial charge is 0.399 e. The molecule has 1 aromatic heterocycles. The minimum Gasteiger partial charge on any atom is -0.399 e. The molecule has 0 bridgehead atoms. The number of benzene rings is 9. The molecule has 0 atom stereocenters. The SMILES string of the molecule is Nc1ccc(-c2ccc3c(c2)N(c2ccccc2)c2cc(-c4nc(-c5ccccc5)nc(-c5ccccc5)n4)cc4c2B3c2ccc(-c3ccc(N)cc3)cc2N4c2ccccc2)cc1. The van der Waals surface area contributed by atoms with Gasteiger partial charge in [-0.05, 0) is 111 Å². The lowest BCUT2D eigenvalue weighted by Crippen LogP contribution is -2.61. The number of hydrogen-bond acceptors (Lipinski definition) is 7. The Morgan fingerprint density at radius 1 is 0.308 bits per heavy atom. The predicted octanol–water partition coefficient (Wildman–Crippen LogP) is 11.5. The van der Waals surface area contributed by atoms with Crippen LogP contribution in [0.25, 0.3) is 56.4 Å². The molecule has 0 spiro atoms. The molecule has 10 aromatic rings. The fraction of sp³-hybridized carbons (Fsp3) is 0. The third-order valence-electron chi connectivity index (χ3n) is 12.5. The van der Waals surface area contributed by atoms with Crippen LogP contribution in [0.1, 0.15) is 0 Å². The second kappa shape index (κ2) is 15.6. The molecule has 0 saturated heterocycles. The first kappa shape index (κ1) is 38.0. The highest BCUT2D eigenvalue weighted by Crippen LogP contribution is 2.47. The zero-order valence-electron chi connectivity index (χ0n) is 35.3. The van der Waals surface area contributed by atoms with E-state index in [0.717, 1.165) is 84.4 Å². The molecule has 2 aliphatic rings. The van der Waals surface area contributed by atoms with Gasteiger partial charge in [-0.15, -0.1) is 0 Å². The molecule has 0 radical (unpaired) electrons. The molecule has 12 rings (SSSR count). The summed E-state index contributed by atoms with van der Waals surface area (Å²) in [5.74, 6) is 1.79. The molecule has 65 heavy (non-hydrogen) atoms. The zero-order valence-corrected chi connectivity index (χ0v) is 35.3. The van der Waals surface area contributed by atoms with E-state index in [9.17, 15) is 0 Å². The van der Waals surface area contributed by atoms with Crippen LogP contribution in [0.3, 0.4) is 0 Å². The number of nitrogens with two attached hydrogens (primary N) is 2. The molecule has 306 valence electrons. The van der Waals surface area contributed by atoms with E-state index in [-0.39, 0.29) is 6.71 Å². The number of fused-ring (bicyclic) bond motifs is 4. The van der Waals surface area contributed by atoms with Crippen molar-refractivity contribution in [2.45, 2.75) is 0 Å². The Morgan fingerprint density at radius 3 is 1.05 bits per heavy atom. The van der Waals surface area contributed by atoms with Crippen LogP contribution in [0.5, 0.6) is 0 Å². The smallest absolute Gasteiger partial charge is 0.252 e. The first-order valence-electron chi connectivity index (χ1n) is 21.8. The lowest BCUT2D eigenvalue weighted by molar-refractivity contribution is 1.07. The summed E-state index contributed by atoms with van der Waals surface area (Å²) in [6.07, 6.45) is 0. The minimum absolute atomic E-state index is 0.113. The standard InChI is InChI=1S/C57H40BN7/c59-44-27-21-37(22-28-44)41-25-31-48-50(33-41)64(46-17-9-3-10-18-46)52-35-43(57-62-55(39-13-5-1-6-14-39)61-56(63-57)40-15-7-2-8-16-40)36-53-54(52)58(48)49-32-26-42(38-23-29-45(60)30-24-38)34-51(49)65(53)47-19-11-4-12-20-47/h1-36H,59-60H2. The van der Waals surface area contributed by atoms with Crippen molar-refractivity contribution in [2.75, 3.05) is 21.3 Å². The number of anilines is 8. The molecule has 0 amide bonds. The van der Waals surface area contributed by atoms with Gasteiger partial charge in [-0.2, -0.15) is 0 Å². The minimum atomic E-state index is -0.113. The molecule has 4 N–H and O–H groups in total. The summed E-state index contributed by atoms with van der Waals surface area (Å²) in [6.45, 7) is -0.113. The molecule has 0 saturated carbocycles. The number of aromatic nitrogens is 3. The van der Waals surface area contributed by atoms with E-state index in [0.29, 0.717) is 17.5 Å². The van der Waals surface area contributed by atoms with Crippen LogP contribution >= 0.6 is 0 Å². The van der Waals surface area contributed by atoms with E-state index >= 15 is 0 Å². The van der Waals surface area contributed by atoms with Crippen LogP contribution < -0.4 is 37.7 Å². The van der Waals surface area contributed by atoms with Gasteiger partial charge in [0.1, 0.15) is 0 Å². The lowest BCUT2D eigenvalue weighted by Gasteiger charge is -2.44. The number of hydrogen-bond donors (Lipinski definition) is 2. The van der Waals surface area contributed by atoms with E-state index in [1.807, 2.05) is 60.7 Å². The molecule has 0 fully saturated rings. The number of rotatable bonds is 7. The van der Waals surface area contributed by atoms with Gasteiger partial charge in [-0.3, -0.25) is 0 Å². The molecular formula is C57H40BN7.